The second-order valence-electron chi connectivity index (χ2n) is 7.17. The molecular weight excluding hydrogens is 378 g/mol. The van der Waals surface area contributed by atoms with Crippen molar-refractivity contribution in [2.75, 3.05) is 13.1 Å². The highest BCUT2D eigenvalue weighted by atomic mass is 32.1. The molecule has 28 heavy (non-hydrogen) atoms. The third-order valence-corrected chi connectivity index (χ3v) is 5.91. The van der Waals surface area contributed by atoms with E-state index in [0.717, 1.165) is 42.3 Å². The van der Waals surface area contributed by atoms with Crippen LogP contribution in [0.3, 0.4) is 0 Å². The Labute approximate surface area is 166 Å². The number of rotatable bonds is 6. The molecule has 8 nitrogen and oxygen atoms in total. The average Bonchev–Trinajstić information content (AvgIpc) is 3.35. The van der Waals surface area contributed by atoms with E-state index in [-0.39, 0.29) is 6.54 Å². The zero-order chi connectivity index (χ0) is 19.6. The summed E-state index contributed by atoms with van der Waals surface area (Å²) in [6.07, 6.45) is 5.69. The van der Waals surface area contributed by atoms with Crippen molar-refractivity contribution in [3.8, 4) is 10.8 Å². The number of piperidine rings is 1. The summed E-state index contributed by atoms with van der Waals surface area (Å²) in [5.74, 6) is 0.612. The van der Waals surface area contributed by atoms with Crippen molar-refractivity contribution in [2.45, 2.75) is 44.9 Å². The van der Waals surface area contributed by atoms with E-state index in [4.69, 9.17) is 4.42 Å². The molecule has 3 aromatic heterocycles. The monoisotopic (exact) mass is 401 g/mol. The molecule has 0 unspecified atom stereocenters. The highest BCUT2D eigenvalue weighted by Crippen LogP contribution is 2.26. The number of likely N-dealkylation sites (tertiary alicyclic amines) is 1. The molecule has 0 spiro atoms. The van der Waals surface area contributed by atoms with Gasteiger partial charge in [-0.25, -0.2) is 14.8 Å². The van der Waals surface area contributed by atoms with Crippen LogP contribution in [0.25, 0.3) is 10.8 Å². The minimum Gasteiger partial charge on any atom is -0.388 e. The summed E-state index contributed by atoms with van der Waals surface area (Å²) in [5, 5.41) is 17.1. The average molecular weight is 401 g/mol. The zero-order valence-corrected chi connectivity index (χ0v) is 16.6. The summed E-state index contributed by atoms with van der Waals surface area (Å²) in [7, 11) is 0. The summed E-state index contributed by atoms with van der Waals surface area (Å²) >= 11 is 1.46. The number of aliphatic hydroxyl groups is 1. The fourth-order valence-electron chi connectivity index (χ4n) is 3.37. The lowest BCUT2D eigenvalue weighted by molar-refractivity contribution is -0.0392. The Kier molecular flexibility index (Phi) is 5.38. The van der Waals surface area contributed by atoms with Gasteiger partial charge in [0, 0.05) is 44.0 Å². The van der Waals surface area contributed by atoms with Gasteiger partial charge >= 0.3 is 5.76 Å². The van der Waals surface area contributed by atoms with Crippen LogP contribution in [0.4, 0.5) is 0 Å². The Balaban J connectivity index is 1.36. The van der Waals surface area contributed by atoms with Crippen LogP contribution in [0.15, 0.2) is 39.1 Å². The summed E-state index contributed by atoms with van der Waals surface area (Å²) in [4.78, 5) is 23.9. The summed E-state index contributed by atoms with van der Waals surface area (Å²) in [5.41, 5.74) is 0.0999. The van der Waals surface area contributed by atoms with Crippen LogP contribution in [0.5, 0.6) is 0 Å². The molecule has 1 N–H and O–H groups in total. The van der Waals surface area contributed by atoms with Crippen LogP contribution in [0, 0.1) is 0 Å². The van der Waals surface area contributed by atoms with Crippen LogP contribution >= 0.6 is 11.3 Å². The molecule has 0 amide bonds. The topological polar surface area (TPSA) is 97.3 Å². The van der Waals surface area contributed by atoms with Gasteiger partial charge in [-0.05, 0) is 24.3 Å². The van der Waals surface area contributed by atoms with Gasteiger partial charge in [0.1, 0.15) is 5.82 Å². The molecule has 1 aliphatic rings. The van der Waals surface area contributed by atoms with Gasteiger partial charge in [-0.3, -0.25) is 4.90 Å². The van der Waals surface area contributed by atoms with Crippen LogP contribution in [-0.4, -0.2) is 48.4 Å². The largest absolute Gasteiger partial charge is 0.437 e. The van der Waals surface area contributed by atoms with E-state index >= 15 is 0 Å². The summed E-state index contributed by atoms with van der Waals surface area (Å²) in [6, 6.07) is 3.73. The van der Waals surface area contributed by atoms with Crippen LogP contribution < -0.4 is 5.76 Å². The Morgan fingerprint density at radius 3 is 2.68 bits per heavy atom. The fraction of sp³-hybridized carbons (Fsp3) is 0.474. The van der Waals surface area contributed by atoms with Gasteiger partial charge in [-0.15, -0.1) is 16.4 Å². The predicted octanol–water partition coefficient (Wildman–Crippen LogP) is 1.94. The van der Waals surface area contributed by atoms with E-state index < -0.39 is 11.4 Å². The number of hydrogen-bond acceptors (Lipinski definition) is 8. The molecule has 9 heteroatoms. The minimum atomic E-state index is -0.966. The zero-order valence-electron chi connectivity index (χ0n) is 15.7. The number of aryl methyl sites for hydroxylation is 1. The molecule has 1 fully saturated rings. The summed E-state index contributed by atoms with van der Waals surface area (Å²) in [6.45, 7) is 4.40. The van der Waals surface area contributed by atoms with E-state index in [2.05, 4.69) is 20.0 Å². The van der Waals surface area contributed by atoms with Gasteiger partial charge in [-0.2, -0.15) is 4.68 Å². The number of thiophene rings is 1. The van der Waals surface area contributed by atoms with Crippen molar-refractivity contribution >= 4 is 11.3 Å². The first-order valence-electron chi connectivity index (χ1n) is 9.41. The van der Waals surface area contributed by atoms with Crippen molar-refractivity contribution in [3.63, 3.8) is 0 Å². The first kappa shape index (κ1) is 19.0. The smallest absolute Gasteiger partial charge is 0.388 e. The van der Waals surface area contributed by atoms with Crippen molar-refractivity contribution in [1.82, 2.24) is 24.6 Å². The first-order chi connectivity index (χ1) is 13.5. The minimum absolute atomic E-state index is 0.142. The number of hydrogen-bond donors (Lipinski definition) is 1. The van der Waals surface area contributed by atoms with E-state index in [1.807, 2.05) is 36.8 Å². The maximum Gasteiger partial charge on any atom is 0.437 e. The van der Waals surface area contributed by atoms with Crippen molar-refractivity contribution in [3.05, 3.63) is 51.8 Å². The summed E-state index contributed by atoms with van der Waals surface area (Å²) < 4.78 is 6.47. The fourth-order valence-corrected chi connectivity index (χ4v) is 4.02. The predicted molar refractivity (Wildman–Crippen MR) is 105 cm³/mol. The van der Waals surface area contributed by atoms with E-state index in [0.29, 0.717) is 18.7 Å². The molecule has 4 rings (SSSR count). The SMILES string of the molecule is CCc1ncc(CN2CCC(O)(Cn3nc(-c4cccs4)oc3=O)CC2)cn1. The van der Waals surface area contributed by atoms with E-state index in [1.165, 1.54) is 16.0 Å². The first-order valence-corrected chi connectivity index (χ1v) is 10.3. The molecule has 0 atom stereocenters. The van der Waals surface area contributed by atoms with E-state index in [9.17, 15) is 9.90 Å². The Morgan fingerprint density at radius 2 is 2.04 bits per heavy atom. The van der Waals surface area contributed by atoms with Crippen LogP contribution in [0.1, 0.15) is 31.2 Å². The van der Waals surface area contributed by atoms with Gasteiger partial charge in [-0.1, -0.05) is 13.0 Å². The molecule has 3 aromatic rings. The van der Waals surface area contributed by atoms with Gasteiger partial charge in [0.2, 0.25) is 0 Å². The number of nitrogens with zero attached hydrogens (tertiary/aromatic N) is 5. The normalized spacial score (nSPS) is 17.1. The Hall–Kier alpha value is -2.36. The maximum atomic E-state index is 12.1. The Bertz CT molecular complexity index is 956. The molecule has 0 saturated carbocycles. The molecule has 1 aliphatic heterocycles. The van der Waals surface area contributed by atoms with Crippen molar-refractivity contribution in [1.29, 1.82) is 0 Å². The molecular formula is C19H23N5O3S. The Morgan fingerprint density at radius 1 is 1.29 bits per heavy atom. The third kappa shape index (κ3) is 4.21. The maximum absolute atomic E-state index is 12.1. The van der Waals surface area contributed by atoms with Gasteiger partial charge < -0.3 is 9.52 Å². The molecule has 0 aliphatic carbocycles. The highest BCUT2D eigenvalue weighted by Gasteiger charge is 2.34. The quantitative estimate of drug-likeness (QED) is 0.674. The molecule has 4 heterocycles. The van der Waals surface area contributed by atoms with Crippen molar-refractivity contribution < 1.29 is 9.52 Å². The lowest BCUT2D eigenvalue weighted by atomic mass is 9.91. The molecule has 0 bridgehead atoms. The second-order valence-corrected chi connectivity index (χ2v) is 8.12. The molecule has 0 aromatic carbocycles. The van der Waals surface area contributed by atoms with E-state index in [1.54, 1.807) is 0 Å². The van der Waals surface area contributed by atoms with Gasteiger partial charge in [0.15, 0.2) is 0 Å². The number of aromatic nitrogens is 4. The van der Waals surface area contributed by atoms with Crippen molar-refractivity contribution in [2.24, 2.45) is 0 Å². The molecule has 0 radical (unpaired) electrons. The van der Waals surface area contributed by atoms with Gasteiger partial charge in [0.25, 0.3) is 5.89 Å². The third-order valence-electron chi connectivity index (χ3n) is 5.05. The highest BCUT2D eigenvalue weighted by molar-refractivity contribution is 7.13. The van der Waals surface area contributed by atoms with Crippen LogP contribution in [0.2, 0.25) is 0 Å². The second kappa shape index (κ2) is 7.94. The van der Waals surface area contributed by atoms with Gasteiger partial charge in [0.05, 0.1) is 17.0 Å². The molecule has 148 valence electrons. The lowest BCUT2D eigenvalue weighted by Gasteiger charge is -2.37. The lowest BCUT2D eigenvalue weighted by Crippen LogP contribution is -2.47. The standard InChI is InChI=1S/C19H23N5O3S/c1-2-16-20-10-14(11-21-16)12-23-7-5-19(26,6-8-23)13-24-18(25)27-17(22-24)15-4-3-9-28-15/h3-4,9-11,26H,2,5-8,12-13H2,1H3. The van der Waals surface area contributed by atoms with Crippen LogP contribution in [-0.2, 0) is 19.5 Å². The molecule has 1 saturated heterocycles.